The van der Waals surface area contributed by atoms with Gasteiger partial charge in [0.25, 0.3) is 5.56 Å². The van der Waals surface area contributed by atoms with E-state index in [0.29, 0.717) is 25.3 Å². The van der Waals surface area contributed by atoms with E-state index >= 15 is 0 Å². The summed E-state index contributed by atoms with van der Waals surface area (Å²) in [5.41, 5.74) is 6.14. The molecule has 112 valence electrons. The van der Waals surface area contributed by atoms with Gasteiger partial charge in [-0.05, 0) is 26.5 Å². The molecule has 0 radical (unpaired) electrons. The molecular weight excluding hydrogens is 256 g/mol. The minimum Gasteiger partial charge on any atom is -0.398 e. The molecule has 20 heavy (non-hydrogen) atoms. The van der Waals surface area contributed by atoms with Crippen LogP contribution < -0.4 is 16.6 Å². The topological polar surface area (TPSA) is 80.4 Å². The number of nitrogens with two attached hydrogens (primary N) is 1. The van der Waals surface area contributed by atoms with Gasteiger partial charge in [0.05, 0.1) is 6.54 Å². The number of likely N-dealkylation sites (N-methyl/N-ethyl adjacent to an activating group) is 1. The Morgan fingerprint density at radius 3 is 2.75 bits per heavy atom. The molecule has 0 aliphatic carbocycles. The summed E-state index contributed by atoms with van der Waals surface area (Å²) >= 11 is 0. The SMILES string of the molecule is CCN(CCn1cc(N)ccc1=O)CC(=O)NC(C)C. The van der Waals surface area contributed by atoms with E-state index in [-0.39, 0.29) is 17.5 Å². The number of hydrogen-bond acceptors (Lipinski definition) is 4. The maximum atomic E-state index is 11.7. The Hall–Kier alpha value is -1.82. The van der Waals surface area contributed by atoms with Crippen molar-refractivity contribution < 1.29 is 4.79 Å². The maximum absolute atomic E-state index is 11.7. The molecule has 3 N–H and O–H groups in total. The lowest BCUT2D eigenvalue weighted by molar-refractivity contribution is -0.122. The minimum atomic E-state index is -0.0816. The lowest BCUT2D eigenvalue weighted by atomic mass is 10.3. The van der Waals surface area contributed by atoms with Gasteiger partial charge in [-0.1, -0.05) is 6.92 Å². The summed E-state index contributed by atoms with van der Waals surface area (Å²) in [4.78, 5) is 25.4. The first-order chi connectivity index (χ1) is 9.42. The van der Waals surface area contributed by atoms with Crippen LogP contribution in [-0.2, 0) is 11.3 Å². The Kier molecular flexibility index (Phi) is 6.24. The zero-order valence-corrected chi connectivity index (χ0v) is 12.4. The van der Waals surface area contributed by atoms with Gasteiger partial charge in [0.2, 0.25) is 5.91 Å². The van der Waals surface area contributed by atoms with E-state index in [1.165, 1.54) is 6.07 Å². The Labute approximate surface area is 119 Å². The summed E-state index contributed by atoms with van der Waals surface area (Å²) in [6.45, 7) is 8.10. The van der Waals surface area contributed by atoms with Crippen molar-refractivity contribution in [1.29, 1.82) is 0 Å². The molecule has 0 saturated heterocycles. The molecule has 1 heterocycles. The fourth-order valence-corrected chi connectivity index (χ4v) is 1.89. The number of nitrogens with zero attached hydrogens (tertiary/aromatic N) is 2. The summed E-state index contributed by atoms with van der Waals surface area (Å²) in [5, 5.41) is 2.86. The van der Waals surface area contributed by atoms with Crippen molar-refractivity contribution in [3.05, 3.63) is 28.7 Å². The molecule has 0 aliphatic rings. The Balaban J connectivity index is 2.55. The van der Waals surface area contributed by atoms with Crippen LogP contribution in [-0.4, -0.2) is 41.1 Å². The normalized spacial score (nSPS) is 11.1. The Bertz CT molecular complexity index is 496. The number of carbonyl (C=O) groups excluding carboxylic acids is 1. The van der Waals surface area contributed by atoms with E-state index in [2.05, 4.69) is 5.32 Å². The first kappa shape index (κ1) is 16.2. The average Bonchev–Trinajstić information content (AvgIpc) is 2.37. The monoisotopic (exact) mass is 280 g/mol. The van der Waals surface area contributed by atoms with E-state index in [1.807, 2.05) is 25.7 Å². The van der Waals surface area contributed by atoms with Crippen molar-refractivity contribution in [3.8, 4) is 0 Å². The summed E-state index contributed by atoms with van der Waals surface area (Å²) in [6.07, 6.45) is 1.63. The van der Waals surface area contributed by atoms with Gasteiger partial charge >= 0.3 is 0 Å². The highest BCUT2D eigenvalue weighted by Gasteiger charge is 2.10. The second-order valence-electron chi connectivity index (χ2n) is 5.09. The van der Waals surface area contributed by atoms with E-state index in [9.17, 15) is 9.59 Å². The van der Waals surface area contributed by atoms with Crippen LogP contribution >= 0.6 is 0 Å². The molecule has 0 bridgehead atoms. The van der Waals surface area contributed by atoms with Crippen LogP contribution in [0.1, 0.15) is 20.8 Å². The zero-order chi connectivity index (χ0) is 15.1. The van der Waals surface area contributed by atoms with E-state index in [0.717, 1.165) is 6.54 Å². The summed E-state index contributed by atoms with van der Waals surface area (Å²) in [7, 11) is 0. The van der Waals surface area contributed by atoms with Crippen molar-refractivity contribution in [2.45, 2.75) is 33.4 Å². The van der Waals surface area contributed by atoms with Gasteiger partial charge in [-0.2, -0.15) is 0 Å². The molecule has 1 amide bonds. The number of aromatic nitrogens is 1. The van der Waals surface area contributed by atoms with Crippen LogP contribution in [0.3, 0.4) is 0 Å². The van der Waals surface area contributed by atoms with Crippen LogP contribution in [0, 0.1) is 0 Å². The van der Waals surface area contributed by atoms with Gasteiger partial charge in [-0.15, -0.1) is 0 Å². The highest BCUT2D eigenvalue weighted by atomic mass is 16.2. The summed E-state index contributed by atoms with van der Waals surface area (Å²) < 4.78 is 1.57. The first-order valence-electron chi connectivity index (χ1n) is 6.90. The molecule has 0 aromatic carbocycles. The van der Waals surface area contributed by atoms with Crippen molar-refractivity contribution >= 4 is 11.6 Å². The number of anilines is 1. The fourth-order valence-electron chi connectivity index (χ4n) is 1.89. The van der Waals surface area contributed by atoms with Crippen molar-refractivity contribution in [2.75, 3.05) is 25.4 Å². The molecule has 1 rings (SSSR count). The summed E-state index contributed by atoms with van der Waals surface area (Å²) in [6, 6.07) is 3.18. The number of nitrogen functional groups attached to an aromatic ring is 1. The smallest absolute Gasteiger partial charge is 0.250 e. The van der Waals surface area contributed by atoms with Gasteiger partial charge in [-0.25, -0.2) is 0 Å². The van der Waals surface area contributed by atoms with E-state index < -0.39 is 0 Å². The molecule has 0 aliphatic heterocycles. The second-order valence-corrected chi connectivity index (χ2v) is 5.09. The van der Waals surface area contributed by atoms with Gasteiger partial charge < -0.3 is 15.6 Å². The average molecular weight is 280 g/mol. The molecule has 1 aromatic heterocycles. The minimum absolute atomic E-state index is 0.00164. The maximum Gasteiger partial charge on any atom is 0.250 e. The summed E-state index contributed by atoms with van der Waals surface area (Å²) in [5.74, 6) is 0.00164. The molecule has 0 atom stereocenters. The van der Waals surface area contributed by atoms with Crippen LogP contribution in [0.15, 0.2) is 23.1 Å². The molecule has 6 nitrogen and oxygen atoms in total. The largest absolute Gasteiger partial charge is 0.398 e. The molecule has 0 fully saturated rings. The number of amides is 1. The Morgan fingerprint density at radius 1 is 1.45 bits per heavy atom. The standard InChI is InChI=1S/C14H24N4O2/c1-4-17(10-13(19)16-11(2)3)7-8-18-9-12(15)5-6-14(18)20/h5-6,9,11H,4,7-8,10,15H2,1-3H3,(H,16,19). The van der Waals surface area contributed by atoms with E-state index in [4.69, 9.17) is 5.73 Å². The molecular formula is C14H24N4O2. The molecule has 0 unspecified atom stereocenters. The molecule has 0 spiro atoms. The first-order valence-corrected chi connectivity index (χ1v) is 6.90. The Morgan fingerprint density at radius 2 is 2.15 bits per heavy atom. The van der Waals surface area contributed by atoms with Gasteiger partial charge in [0, 0.05) is 37.1 Å². The third kappa shape index (κ3) is 5.44. The quantitative estimate of drug-likeness (QED) is 0.751. The van der Waals surface area contributed by atoms with E-state index in [1.54, 1.807) is 16.8 Å². The zero-order valence-electron chi connectivity index (χ0n) is 12.4. The number of rotatable bonds is 7. The predicted octanol–water partition coefficient (Wildman–Crippen LogP) is 0.277. The number of hydrogen-bond donors (Lipinski definition) is 2. The van der Waals surface area contributed by atoms with Crippen molar-refractivity contribution in [3.63, 3.8) is 0 Å². The van der Waals surface area contributed by atoms with Crippen molar-refractivity contribution in [1.82, 2.24) is 14.8 Å². The lowest BCUT2D eigenvalue weighted by Gasteiger charge is -2.21. The van der Waals surface area contributed by atoms with Gasteiger partial charge in [0.1, 0.15) is 0 Å². The molecule has 0 saturated carbocycles. The van der Waals surface area contributed by atoms with Crippen LogP contribution in [0.2, 0.25) is 0 Å². The van der Waals surface area contributed by atoms with Crippen molar-refractivity contribution in [2.24, 2.45) is 0 Å². The van der Waals surface area contributed by atoms with Crippen LogP contribution in [0.25, 0.3) is 0 Å². The molecule has 6 heteroatoms. The van der Waals surface area contributed by atoms with Gasteiger partial charge in [0.15, 0.2) is 0 Å². The number of carbonyl (C=O) groups is 1. The fraction of sp³-hybridized carbons (Fsp3) is 0.571. The van der Waals surface area contributed by atoms with Crippen LogP contribution in [0.5, 0.6) is 0 Å². The van der Waals surface area contributed by atoms with Crippen LogP contribution in [0.4, 0.5) is 5.69 Å². The number of nitrogens with one attached hydrogen (secondary N) is 1. The third-order valence-corrected chi connectivity index (χ3v) is 2.93. The highest BCUT2D eigenvalue weighted by Crippen LogP contribution is 1.97. The number of pyridine rings is 1. The molecule has 1 aromatic rings. The lowest BCUT2D eigenvalue weighted by Crippen LogP contribution is -2.41. The third-order valence-electron chi connectivity index (χ3n) is 2.93. The van der Waals surface area contributed by atoms with Gasteiger partial charge in [-0.3, -0.25) is 14.5 Å². The predicted molar refractivity (Wildman–Crippen MR) is 80.5 cm³/mol. The second kappa shape index (κ2) is 7.69. The highest BCUT2D eigenvalue weighted by molar-refractivity contribution is 5.78.